The highest BCUT2D eigenvalue weighted by Gasteiger charge is 2.37. The first-order valence-corrected chi connectivity index (χ1v) is 14.9. The van der Waals surface area contributed by atoms with Crippen molar-refractivity contribution in [2.45, 2.75) is 104 Å². The number of benzene rings is 1. The van der Waals surface area contributed by atoms with Gasteiger partial charge in [-0.15, -0.1) is 4.99 Å². The monoisotopic (exact) mass is 637 g/mol. The molecule has 45 heavy (non-hydrogen) atoms. The van der Waals surface area contributed by atoms with Gasteiger partial charge in [0.15, 0.2) is 0 Å². The van der Waals surface area contributed by atoms with E-state index in [0.717, 1.165) is 25.3 Å². The standard InChI is InChI=1S/C31H42F3N5O6/c1-8-9-10-11-12-18-42-23-16-15-20(19-21(23)31(32,33)34)24-35-25(45-38-24)22-14-13-17-39(22)26(36-27(40)43-29(2,3)4)37-28(41)44-30(5,6)7/h11-12,15-16,19,22H,8-10,13-14,17-18H2,1-7H3,(H,36,37,40,41)/b12-11+/t22-/m0/s1. The molecule has 1 aromatic heterocycles. The predicted molar refractivity (Wildman–Crippen MR) is 161 cm³/mol. The lowest BCUT2D eigenvalue weighted by Crippen LogP contribution is -2.46. The van der Waals surface area contributed by atoms with Crippen LogP contribution in [0.2, 0.25) is 0 Å². The lowest BCUT2D eigenvalue weighted by molar-refractivity contribution is -0.138. The van der Waals surface area contributed by atoms with Crippen LogP contribution in [0.25, 0.3) is 11.4 Å². The normalized spacial score (nSPS) is 16.3. The van der Waals surface area contributed by atoms with E-state index in [4.69, 9.17) is 18.7 Å². The van der Waals surface area contributed by atoms with E-state index < -0.39 is 41.2 Å². The van der Waals surface area contributed by atoms with Gasteiger partial charge in [0, 0.05) is 12.1 Å². The van der Waals surface area contributed by atoms with Gasteiger partial charge >= 0.3 is 18.4 Å². The summed E-state index contributed by atoms with van der Waals surface area (Å²) in [5.74, 6) is -0.464. The van der Waals surface area contributed by atoms with Crippen molar-refractivity contribution < 1.29 is 41.5 Å². The third kappa shape index (κ3) is 11.1. The number of hydrogen-bond donors (Lipinski definition) is 1. The van der Waals surface area contributed by atoms with Crippen LogP contribution < -0.4 is 10.1 Å². The molecule has 0 bridgehead atoms. The molecule has 0 spiro atoms. The van der Waals surface area contributed by atoms with Crippen LogP contribution in [-0.2, 0) is 15.7 Å². The SMILES string of the molecule is CCCC/C=C/COc1ccc(-c2noc([C@@H]3CCCN3/C(=N/C(=O)OC(C)(C)C)NC(=O)OC(C)(C)C)n2)cc1C(F)(F)F. The molecule has 1 aliphatic rings. The Balaban J connectivity index is 1.87. The summed E-state index contributed by atoms with van der Waals surface area (Å²) in [7, 11) is 0. The Hall–Kier alpha value is -4.10. The molecule has 1 aromatic carbocycles. The van der Waals surface area contributed by atoms with E-state index in [0.29, 0.717) is 19.4 Å². The van der Waals surface area contributed by atoms with Crippen LogP contribution in [0.5, 0.6) is 5.75 Å². The van der Waals surface area contributed by atoms with Crippen LogP contribution in [0, 0.1) is 0 Å². The zero-order valence-corrected chi connectivity index (χ0v) is 26.8. The average Bonchev–Trinajstić information content (AvgIpc) is 3.57. The zero-order chi connectivity index (χ0) is 33.4. The Kier molecular flexibility index (Phi) is 11.6. The van der Waals surface area contributed by atoms with Crippen LogP contribution in [0.3, 0.4) is 0 Å². The van der Waals surface area contributed by atoms with E-state index in [-0.39, 0.29) is 35.6 Å². The number of aromatic nitrogens is 2. The summed E-state index contributed by atoms with van der Waals surface area (Å²) in [5, 5.41) is 6.44. The first-order valence-electron chi connectivity index (χ1n) is 14.9. The van der Waals surface area contributed by atoms with Crippen molar-refractivity contribution in [1.29, 1.82) is 0 Å². The number of carbonyl (C=O) groups is 2. The van der Waals surface area contributed by atoms with Gasteiger partial charge in [-0.05, 0) is 79.0 Å². The summed E-state index contributed by atoms with van der Waals surface area (Å²) in [6.07, 6.45) is 1.00. The van der Waals surface area contributed by atoms with Gasteiger partial charge < -0.3 is 23.6 Å². The number of carbonyl (C=O) groups excluding carboxylic acids is 2. The van der Waals surface area contributed by atoms with Crippen molar-refractivity contribution in [3.05, 3.63) is 41.8 Å². The zero-order valence-electron chi connectivity index (χ0n) is 26.8. The maximum Gasteiger partial charge on any atom is 0.437 e. The Morgan fingerprint density at radius 2 is 1.82 bits per heavy atom. The second-order valence-corrected chi connectivity index (χ2v) is 12.5. The van der Waals surface area contributed by atoms with E-state index in [9.17, 15) is 22.8 Å². The Bertz CT molecular complexity index is 1370. The third-order valence-corrected chi connectivity index (χ3v) is 6.22. The maximum atomic E-state index is 14.0. The molecule has 0 aliphatic carbocycles. The van der Waals surface area contributed by atoms with Crippen molar-refractivity contribution in [2.24, 2.45) is 4.99 Å². The number of nitrogens with one attached hydrogen (secondary N) is 1. The van der Waals surface area contributed by atoms with Crippen LogP contribution in [0.1, 0.15) is 98.1 Å². The number of halogens is 3. The molecular weight excluding hydrogens is 595 g/mol. The molecule has 11 nitrogen and oxygen atoms in total. The van der Waals surface area contributed by atoms with E-state index in [1.54, 1.807) is 52.5 Å². The van der Waals surface area contributed by atoms with Gasteiger partial charge in [-0.25, -0.2) is 9.59 Å². The second kappa shape index (κ2) is 14.8. The van der Waals surface area contributed by atoms with Gasteiger partial charge in [-0.2, -0.15) is 18.2 Å². The van der Waals surface area contributed by atoms with Crippen molar-refractivity contribution in [3.63, 3.8) is 0 Å². The number of allylic oxidation sites excluding steroid dienone is 1. The number of hydrogen-bond acceptors (Lipinski definition) is 8. The average molecular weight is 638 g/mol. The van der Waals surface area contributed by atoms with E-state index in [2.05, 4.69) is 27.4 Å². The molecule has 0 saturated carbocycles. The predicted octanol–water partition coefficient (Wildman–Crippen LogP) is 7.83. The molecule has 1 saturated heterocycles. The topological polar surface area (TPSA) is 128 Å². The second-order valence-electron chi connectivity index (χ2n) is 12.5. The minimum absolute atomic E-state index is 0.000523. The van der Waals surface area contributed by atoms with Gasteiger partial charge in [-0.1, -0.05) is 37.1 Å². The summed E-state index contributed by atoms with van der Waals surface area (Å²) in [6, 6.07) is 2.92. The highest BCUT2D eigenvalue weighted by molar-refractivity contribution is 5.99. The number of guanidine groups is 1. The molecule has 14 heteroatoms. The number of unbranched alkanes of at least 4 members (excludes halogenated alkanes) is 2. The van der Waals surface area contributed by atoms with Crippen molar-refractivity contribution in [1.82, 2.24) is 20.4 Å². The number of aliphatic imine (C=N–C) groups is 1. The molecule has 2 heterocycles. The summed E-state index contributed by atoms with van der Waals surface area (Å²) in [4.78, 5) is 35.2. The minimum Gasteiger partial charge on any atom is -0.489 e. The molecule has 0 radical (unpaired) electrons. The summed E-state index contributed by atoms with van der Waals surface area (Å²) in [6.45, 7) is 12.5. The van der Waals surface area contributed by atoms with Gasteiger partial charge in [0.1, 0.15) is 29.6 Å². The Morgan fingerprint density at radius 1 is 1.11 bits per heavy atom. The number of rotatable bonds is 8. The number of alkyl halides is 3. The van der Waals surface area contributed by atoms with Crippen LogP contribution in [0.15, 0.2) is 39.9 Å². The molecule has 0 unspecified atom stereocenters. The van der Waals surface area contributed by atoms with Crippen molar-refractivity contribution in [3.8, 4) is 17.1 Å². The first kappa shape index (κ1) is 35.4. The molecule has 1 fully saturated rings. The number of ether oxygens (including phenoxy) is 3. The van der Waals surface area contributed by atoms with Crippen molar-refractivity contribution >= 4 is 18.1 Å². The highest BCUT2D eigenvalue weighted by Crippen LogP contribution is 2.39. The molecule has 1 N–H and O–H groups in total. The van der Waals surface area contributed by atoms with Crippen LogP contribution in [0.4, 0.5) is 22.8 Å². The van der Waals surface area contributed by atoms with E-state index in [1.165, 1.54) is 12.1 Å². The molecule has 1 atom stereocenters. The van der Waals surface area contributed by atoms with Crippen molar-refractivity contribution in [2.75, 3.05) is 13.2 Å². The Labute approximate surface area is 261 Å². The van der Waals surface area contributed by atoms with E-state index >= 15 is 0 Å². The summed E-state index contributed by atoms with van der Waals surface area (Å²) < 4.78 is 63.4. The smallest absolute Gasteiger partial charge is 0.437 e. The number of amides is 2. The molecule has 3 rings (SSSR count). The quantitative estimate of drug-likeness (QED) is 0.133. The van der Waals surface area contributed by atoms with Gasteiger partial charge in [0.2, 0.25) is 17.7 Å². The minimum atomic E-state index is -4.69. The Morgan fingerprint density at radius 3 is 2.47 bits per heavy atom. The van der Waals surface area contributed by atoms with Gasteiger partial charge in [0.05, 0.1) is 5.56 Å². The molecule has 1 aliphatic heterocycles. The highest BCUT2D eigenvalue weighted by atomic mass is 19.4. The van der Waals surface area contributed by atoms with Gasteiger partial charge in [0.25, 0.3) is 0 Å². The summed E-state index contributed by atoms with van der Waals surface area (Å²) >= 11 is 0. The lowest BCUT2D eigenvalue weighted by atomic mass is 10.1. The van der Waals surface area contributed by atoms with Crippen LogP contribution >= 0.6 is 0 Å². The fraction of sp³-hybridized carbons (Fsp3) is 0.581. The number of nitrogens with zero attached hydrogens (tertiary/aromatic N) is 4. The van der Waals surface area contributed by atoms with E-state index in [1.807, 2.05) is 6.08 Å². The lowest BCUT2D eigenvalue weighted by Gasteiger charge is -2.27. The van der Waals surface area contributed by atoms with Gasteiger partial charge in [-0.3, -0.25) is 5.32 Å². The molecular formula is C31H42F3N5O6. The third-order valence-electron chi connectivity index (χ3n) is 6.22. The largest absolute Gasteiger partial charge is 0.489 e. The fourth-order valence-electron chi connectivity index (χ4n) is 4.36. The number of likely N-dealkylation sites (tertiary alicyclic amines) is 1. The molecule has 2 aromatic rings. The van der Waals surface area contributed by atoms with Crippen LogP contribution in [-0.4, -0.2) is 57.5 Å². The number of alkyl carbamates (subject to hydrolysis) is 1. The fourth-order valence-corrected chi connectivity index (χ4v) is 4.36. The molecule has 248 valence electrons. The summed E-state index contributed by atoms with van der Waals surface area (Å²) in [5.41, 5.74) is -2.56. The first-order chi connectivity index (χ1) is 21.0. The maximum absolute atomic E-state index is 14.0. The molecule has 2 amide bonds.